The maximum absolute atomic E-state index is 13.7. The standard InChI is InChI=1S/C39H51N7O10/c1-22(2)32-37(53)43-27(20-29(40)48)35(51)42-28(21-30(41)49)36(52)46-33(23(3)4)39(55)56-24(5)34(38(54)45-32)44-31(50)15-13-11-9-7-6-8-10-12-14-25-16-18-26(47)19-17-25/h6-19,22-24,27-28,32-34,47H,20-21H2,1-5H3,(H2,40,48)(H2,41,49)(H,42,51)(H,43,53)(H,44,50)(H,45,54)(H,46,52)/b7-6+,10-8+,11-9+,14-12+,15-13+/t24-,27+,28+,32+,33+,34+/m1/s1. The summed E-state index contributed by atoms with van der Waals surface area (Å²) in [4.78, 5) is 104. The smallest absolute Gasteiger partial charge is 0.329 e. The number of cyclic esters (lactones) is 1. The molecule has 1 aromatic rings. The molecule has 10 N–H and O–H groups in total. The number of phenols is 1. The van der Waals surface area contributed by atoms with Gasteiger partial charge in [0.1, 0.15) is 42.1 Å². The molecule has 1 fully saturated rings. The number of rotatable bonds is 13. The average molecular weight is 778 g/mol. The van der Waals surface area contributed by atoms with Crippen molar-refractivity contribution in [3.8, 4) is 5.75 Å². The lowest BCUT2D eigenvalue weighted by molar-refractivity contribution is -0.157. The molecular weight excluding hydrogens is 726 g/mol. The van der Waals surface area contributed by atoms with Gasteiger partial charge in [0.15, 0.2) is 0 Å². The van der Waals surface area contributed by atoms with Crippen LogP contribution in [0.2, 0.25) is 0 Å². The Morgan fingerprint density at radius 3 is 1.68 bits per heavy atom. The molecule has 1 heterocycles. The average Bonchev–Trinajstić information content (AvgIpc) is 3.11. The second-order valence-corrected chi connectivity index (χ2v) is 13.5. The minimum Gasteiger partial charge on any atom is -0.508 e. The highest BCUT2D eigenvalue weighted by Crippen LogP contribution is 2.13. The fourth-order valence-corrected chi connectivity index (χ4v) is 5.09. The van der Waals surface area contributed by atoms with Crippen LogP contribution >= 0.6 is 0 Å². The molecule has 2 rings (SSSR count). The number of nitrogens with two attached hydrogens (primary N) is 2. The summed E-state index contributed by atoms with van der Waals surface area (Å²) in [7, 11) is 0. The monoisotopic (exact) mass is 777 g/mol. The lowest BCUT2D eigenvalue weighted by Gasteiger charge is -2.31. The van der Waals surface area contributed by atoms with E-state index in [2.05, 4.69) is 26.6 Å². The van der Waals surface area contributed by atoms with Crippen LogP contribution < -0.4 is 38.1 Å². The Kier molecular flexibility index (Phi) is 18.4. The van der Waals surface area contributed by atoms with Gasteiger partial charge in [-0.15, -0.1) is 0 Å². The third-order valence-corrected chi connectivity index (χ3v) is 8.10. The van der Waals surface area contributed by atoms with Crippen LogP contribution in [0.4, 0.5) is 0 Å². The number of ether oxygens (including phenoxy) is 1. The van der Waals surface area contributed by atoms with E-state index in [1.165, 1.54) is 13.0 Å². The Morgan fingerprint density at radius 1 is 0.696 bits per heavy atom. The number of carbonyl (C=O) groups excluding carboxylic acids is 8. The Hall–Kier alpha value is -6.52. The van der Waals surface area contributed by atoms with Gasteiger partial charge in [0, 0.05) is 6.08 Å². The number of esters is 1. The first-order valence-corrected chi connectivity index (χ1v) is 17.8. The van der Waals surface area contributed by atoms with Crippen molar-refractivity contribution in [1.29, 1.82) is 0 Å². The summed E-state index contributed by atoms with van der Waals surface area (Å²) >= 11 is 0. The first-order valence-electron chi connectivity index (χ1n) is 17.8. The van der Waals surface area contributed by atoms with E-state index in [1.807, 2.05) is 12.2 Å². The van der Waals surface area contributed by atoms with Crippen LogP contribution in [0.5, 0.6) is 5.75 Å². The van der Waals surface area contributed by atoms with Crippen LogP contribution in [0.15, 0.2) is 78.9 Å². The van der Waals surface area contributed by atoms with Gasteiger partial charge in [0.05, 0.1) is 12.8 Å². The SMILES string of the molecule is CC(C)[C@@H]1NC(=O)[C@@H](NC(=O)/C=C/C=C/C=C/C=C/C=C/c2ccc(O)cc2)[C@@H](C)OC(=O)[C@H](C(C)C)NC(=O)[C@H](CC(N)=O)NC(=O)[C@H](CC(N)=O)NC1=O. The quantitative estimate of drug-likeness (QED) is 0.0758. The van der Waals surface area contributed by atoms with Crippen molar-refractivity contribution in [3.63, 3.8) is 0 Å². The van der Waals surface area contributed by atoms with Crippen molar-refractivity contribution in [1.82, 2.24) is 26.6 Å². The number of carbonyl (C=O) groups is 8. The van der Waals surface area contributed by atoms with E-state index in [4.69, 9.17) is 16.2 Å². The number of primary amides is 2. The molecule has 0 radical (unpaired) electrons. The van der Waals surface area contributed by atoms with Crippen LogP contribution in [0.25, 0.3) is 6.08 Å². The van der Waals surface area contributed by atoms with Gasteiger partial charge in [0.25, 0.3) is 0 Å². The van der Waals surface area contributed by atoms with Crippen molar-refractivity contribution < 1.29 is 48.2 Å². The lowest BCUT2D eigenvalue weighted by atomic mass is 10.0. The number of hydrogen-bond donors (Lipinski definition) is 8. The van der Waals surface area contributed by atoms with E-state index in [0.717, 1.165) is 11.6 Å². The molecule has 302 valence electrons. The number of phenolic OH excluding ortho intramolecular Hbond substituents is 1. The van der Waals surface area contributed by atoms with Gasteiger partial charge in [0.2, 0.25) is 41.4 Å². The molecule has 1 aliphatic heterocycles. The van der Waals surface area contributed by atoms with Crippen LogP contribution in [-0.2, 0) is 43.1 Å². The summed E-state index contributed by atoms with van der Waals surface area (Å²) in [5, 5.41) is 21.4. The van der Waals surface area contributed by atoms with Gasteiger partial charge < -0.3 is 47.9 Å². The normalized spacial score (nSPS) is 23.4. The Morgan fingerprint density at radius 2 is 1.16 bits per heavy atom. The Bertz CT molecular complexity index is 1750. The summed E-state index contributed by atoms with van der Waals surface area (Å²) in [6, 6.07) is -0.850. The molecule has 1 aliphatic rings. The molecular formula is C39H51N7O10. The molecule has 1 saturated heterocycles. The maximum Gasteiger partial charge on any atom is 0.329 e. The highest BCUT2D eigenvalue weighted by Gasteiger charge is 2.38. The van der Waals surface area contributed by atoms with Gasteiger partial charge in [-0.05, 0) is 36.5 Å². The summed E-state index contributed by atoms with van der Waals surface area (Å²) in [5.74, 6) is -8.74. The van der Waals surface area contributed by atoms with E-state index in [0.29, 0.717) is 0 Å². The lowest BCUT2D eigenvalue weighted by Crippen LogP contribution is -2.62. The molecule has 0 aliphatic carbocycles. The fourth-order valence-electron chi connectivity index (χ4n) is 5.09. The van der Waals surface area contributed by atoms with E-state index < -0.39 is 108 Å². The predicted octanol–water partition coefficient (Wildman–Crippen LogP) is 0.0623. The molecule has 17 nitrogen and oxygen atoms in total. The number of benzene rings is 1. The second-order valence-electron chi connectivity index (χ2n) is 13.5. The van der Waals surface area contributed by atoms with Crippen molar-refractivity contribution in [2.24, 2.45) is 23.3 Å². The third kappa shape index (κ3) is 15.8. The van der Waals surface area contributed by atoms with Gasteiger partial charge in [-0.2, -0.15) is 0 Å². The zero-order chi connectivity index (χ0) is 41.9. The highest BCUT2D eigenvalue weighted by atomic mass is 16.5. The predicted molar refractivity (Wildman–Crippen MR) is 206 cm³/mol. The van der Waals surface area contributed by atoms with Crippen molar-refractivity contribution >= 4 is 53.4 Å². The third-order valence-electron chi connectivity index (χ3n) is 8.10. The molecule has 17 heteroatoms. The van der Waals surface area contributed by atoms with E-state index >= 15 is 0 Å². The zero-order valence-corrected chi connectivity index (χ0v) is 31.9. The molecule has 0 aromatic heterocycles. The van der Waals surface area contributed by atoms with Crippen LogP contribution in [0, 0.1) is 11.8 Å². The van der Waals surface area contributed by atoms with Crippen molar-refractivity contribution in [2.45, 2.75) is 83.8 Å². The van der Waals surface area contributed by atoms with E-state index in [-0.39, 0.29) is 5.75 Å². The molecule has 0 bridgehead atoms. The number of amides is 7. The maximum atomic E-state index is 13.7. The number of allylic oxidation sites excluding steroid dienone is 8. The van der Waals surface area contributed by atoms with E-state index in [9.17, 15) is 43.5 Å². The molecule has 0 unspecified atom stereocenters. The first kappa shape index (κ1) is 45.6. The largest absolute Gasteiger partial charge is 0.508 e. The van der Waals surface area contributed by atoms with Gasteiger partial charge in [-0.25, -0.2) is 4.79 Å². The summed E-state index contributed by atoms with van der Waals surface area (Å²) in [6.45, 7) is 7.65. The molecule has 0 spiro atoms. The minimum atomic E-state index is -1.65. The Labute approximate surface area is 325 Å². The fraction of sp³-hybridized carbons (Fsp3) is 0.385. The van der Waals surface area contributed by atoms with Gasteiger partial charge >= 0.3 is 5.97 Å². The summed E-state index contributed by atoms with van der Waals surface area (Å²) < 4.78 is 5.58. The molecule has 1 aromatic carbocycles. The Balaban J connectivity index is 2.36. The minimum absolute atomic E-state index is 0.181. The molecule has 6 atom stereocenters. The van der Waals surface area contributed by atoms with E-state index in [1.54, 1.807) is 88.4 Å². The molecule has 7 amide bonds. The summed E-state index contributed by atoms with van der Waals surface area (Å²) in [5.41, 5.74) is 11.6. The van der Waals surface area contributed by atoms with Crippen molar-refractivity contribution in [3.05, 3.63) is 84.5 Å². The van der Waals surface area contributed by atoms with Crippen LogP contribution in [0.3, 0.4) is 0 Å². The first-order chi connectivity index (χ1) is 26.4. The second kappa shape index (κ2) is 22.6. The highest BCUT2D eigenvalue weighted by molar-refractivity contribution is 5.99. The van der Waals surface area contributed by atoms with Gasteiger partial charge in [-0.3, -0.25) is 33.6 Å². The number of aromatic hydroxyl groups is 1. The number of hydrogen-bond acceptors (Lipinski definition) is 10. The molecule has 56 heavy (non-hydrogen) atoms. The summed E-state index contributed by atoms with van der Waals surface area (Å²) in [6.07, 6.45) is 13.7. The number of nitrogens with one attached hydrogen (secondary N) is 5. The van der Waals surface area contributed by atoms with Crippen LogP contribution in [-0.4, -0.2) is 88.7 Å². The molecule has 0 saturated carbocycles. The topological polar surface area (TPSA) is 278 Å². The van der Waals surface area contributed by atoms with Gasteiger partial charge in [-0.1, -0.05) is 94.5 Å². The van der Waals surface area contributed by atoms with Crippen molar-refractivity contribution in [2.75, 3.05) is 0 Å². The zero-order valence-electron chi connectivity index (χ0n) is 31.9. The van der Waals surface area contributed by atoms with Crippen LogP contribution in [0.1, 0.15) is 53.0 Å².